The zero-order chi connectivity index (χ0) is 14.1. The molecule has 19 heavy (non-hydrogen) atoms. The van der Waals surface area contributed by atoms with Crippen molar-refractivity contribution >= 4 is 27.5 Å². The zero-order valence-corrected chi connectivity index (χ0v) is 12.5. The smallest absolute Gasteiger partial charge is 0.238 e. The molecule has 0 aromatic heterocycles. The average molecular weight is 331 g/mol. The first-order valence-corrected chi connectivity index (χ1v) is 6.82. The van der Waals surface area contributed by atoms with Crippen molar-refractivity contribution in [3.8, 4) is 0 Å². The fourth-order valence-electron chi connectivity index (χ4n) is 1.57. The lowest BCUT2D eigenvalue weighted by atomic mass is 10.3. The third-order valence-corrected chi connectivity index (χ3v) is 3.05. The molecule has 1 aromatic carbocycles. The highest BCUT2D eigenvalue weighted by molar-refractivity contribution is 9.10. The van der Waals surface area contributed by atoms with Crippen molar-refractivity contribution in [1.82, 2.24) is 4.90 Å². The SMILES string of the molecule is COCCN(CCO)CC(=O)Nc1ccc(Br)cc1. The largest absolute Gasteiger partial charge is 0.395 e. The molecule has 0 saturated heterocycles. The fourth-order valence-corrected chi connectivity index (χ4v) is 1.83. The average Bonchev–Trinajstić information content (AvgIpc) is 2.39. The third-order valence-electron chi connectivity index (χ3n) is 2.52. The lowest BCUT2D eigenvalue weighted by Gasteiger charge is -2.20. The molecule has 0 fully saturated rings. The molecular formula is C13H19BrN2O3. The van der Waals surface area contributed by atoms with Crippen molar-refractivity contribution in [2.24, 2.45) is 0 Å². The summed E-state index contributed by atoms with van der Waals surface area (Å²) in [5.74, 6) is -0.105. The first-order chi connectivity index (χ1) is 9.15. The summed E-state index contributed by atoms with van der Waals surface area (Å²) in [7, 11) is 1.61. The number of methoxy groups -OCH3 is 1. The van der Waals surface area contributed by atoms with Gasteiger partial charge in [0.25, 0.3) is 0 Å². The number of hydrogen-bond acceptors (Lipinski definition) is 4. The van der Waals surface area contributed by atoms with E-state index in [1.165, 1.54) is 0 Å². The molecule has 6 heteroatoms. The van der Waals surface area contributed by atoms with Crippen LogP contribution in [0.4, 0.5) is 5.69 Å². The van der Waals surface area contributed by atoms with Crippen LogP contribution in [0.5, 0.6) is 0 Å². The van der Waals surface area contributed by atoms with Crippen molar-refractivity contribution in [3.05, 3.63) is 28.7 Å². The summed E-state index contributed by atoms with van der Waals surface area (Å²) >= 11 is 3.34. The Morgan fingerprint density at radius 3 is 2.63 bits per heavy atom. The minimum atomic E-state index is -0.105. The lowest BCUT2D eigenvalue weighted by molar-refractivity contribution is -0.117. The molecule has 0 aliphatic heterocycles. The number of carbonyl (C=O) groups is 1. The molecule has 5 nitrogen and oxygen atoms in total. The molecule has 0 atom stereocenters. The predicted molar refractivity (Wildman–Crippen MR) is 78.2 cm³/mol. The number of nitrogens with zero attached hydrogens (tertiary/aromatic N) is 1. The molecule has 1 amide bonds. The molecule has 0 aliphatic carbocycles. The predicted octanol–water partition coefficient (Wildman–Crippen LogP) is 1.33. The van der Waals surface area contributed by atoms with Crippen LogP contribution in [0.25, 0.3) is 0 Å². The molecule has 1 aromatic rings. The van der Waals surface area contributed by atoms with E-state index in [9.17, 15) is 4.79 Å². The molecule has 2 N–H and O–H groups in total. The Balaban J connectivity index is 2.45. The van der Waals surface area contributed by atoms with Crippen molar-refractivity contribution in [2.45, 2.75) is 0 Å². The zero-order valence-electron chi connectivity index (χ0n) is 10.9. The Labute approximate surface area is 121 Å². The summed E-state index contributed by atoms with van der Waals surface area (Å²) in [5.41, 5.74) is 0.754. The standard InChI is InChI=1S/C13H19BrN2O3/c1-19-9-7-16(6-8-17)10-13(18)15-12-4-2-11(14)3-5-12/h2-5,17H,6-10H2,1H3,(H,15,18). The molecule has 1 rings (SSSR count). The van der Waals surface area contributed by atoms with Gasteiger partial charge in [-0.05, 0) is 24.3 Å². The molecule has 106 valence electrons. The van der Waals surface area contributed by atoms with Crippen LogP contribution in [-0.2, 0) is 9.53 Å². The van der Waals surface area contributed by atoms with Gasteiger partial charge in [0.2, 0.25) is 5.91 Å². The van der Waals surface area contributed by atoms with E-state index < -0.39 is 0 Å². The summed E-state index contributed by atoms with van der Waals surface area (Å²) < 4.78 is 5.94. The summed E-state index contributed by atoms with van der Waals surface area (Å²) in [5, 5.41) is 11.8. The second kappa shape index (κ2) is 9.03. The van der Waals surface area contributed by atoms with E-state index >= 15 is 0 Å². The minimum Gasteiger partial charge on any atom is -0.395 e. The number of amides is 1. The van der Waals surface area contributed by atoms with Crippen LogP contribution in [0.15, 0.2) is 28.7 Å². The van der Waals surface area contributed by atoms with E-state index in [4.69, 9.17) is 9.84 Å². The Bertz CT molecular complexity index is 384. The van der Waals surface area contributed by atoms with E-state index in [2.05, 4.69) is 21.2 Å². The first kappa shape index (κ1) is 16.1. The second-order valence-corrected chi connectivity index (χ2v) is 4.96. The summed E-state index contributed by atoms with van der Waals surface area (Å²) in [6, 6.07) is 7.39. The van der Waals surface area contributed by atoms with Crippen LogP contribution in [0.3, 0.4) is 0 Å². The van der Waals surface area contributed by atoms with Crippen LogP contribution in [0.2, 0.25) is 0 Å². The second-order valence-electron chi connectivity index (χ2n) is 4.05. The van der Waals surface area contributed by atoms with Crippen LogP contribution in [-0.4, -0.2) is 55.9 Å². The van der Waals surface area contributed by atoms with Gasteiger partial charge in [-0.3, -0.25) is 9.69 Å². The number of nitrogens with one attached hydrogen (secondary N) is 1. The Kier molecular flexibility index (Phi) is 7.66. The number of carbonyl (C=O) groups excluding carboxylic acids is 1. The van der Waals surface area contributed by atoms with E-state index in [1.54, 1.807) is 7.11 Å². The van der Waals surface area contributed by atoms with Crippen LogP contribution in [0, 0.1) is 0 Å². The van der Waals surface area contributed by atoms with Gasteiger partial charge in [0, 0.05) is 30.4 Å². The number of rotatable bonds is 8. The van der Waals surface area contributed by atoms with Gasteiger partial charge in [0.1, 0.15) is 0 Å². The van der Waals surface area contributed by atoms with E-state index in [0.717, 1.165) is 10.2 Å². The topological polar surface area (TPSA) is 61.8 Å². The van der Waals surface area contributed by atoms with Gasteiger partial charge in [-0.25, -0.2) is 0 Å². The maximum absolute atomic E-state index is 11.9. The highest BCUT2D eigenvalue weighted by Crippen LogP contribution is 2.13. The maximum Gasteiger partial charge on any atom is 0.238 e. The van der Waals surface area contributed by atoms with Crippen LogP contribution in [0.1, 0.15) is 0 Å². The number of benzene rings is 1. The molecule has 0 spiro atoms. The van der Waals surface area contributed by atoms with Gasteiger partial charge in [-0.1, -0.05) is 15.9 Å². The van der Waals surface area contributed by atoms with Gasteiger partial charge in [0.15, 0.2) is 0 Å². The van der Waals surface area contributed by atoms with Crippen molar-refractivity contribution < 1.29 is 14.6 Å². The monoisotopic (exact) mass is 330 g/mol. The van der Waals surface area contributed by atoms with Gasteiger partial charge >= 0.3 is 0 Å². The van der Waals surface area contributed by atoms with Crippen LogP contribution >= 0.6 is 15.9 Å². The number of aliphatic hydroxyl groups is 1. The normalized spacial score (nSPS) is 10.7. The third kappa shape index (κ3) is 6.68. The molecule has 0 heterocycles. The number of ether oxygens (including phenoxy) is 1. The summed E-state index contributed by atoms with van der Waals surface area (Å²) in [4.78, 5) is 13.7. The van der Waals surface area contributed by atoms with E-state index in [1.807, 2.05) is 29.2 Å². The molecule has 0 saturated carbocycles. The van der Waals surface area contributed by atoms with Crippen molar-refractivity contribution in [2.75, 3.05) is 45.3 Å². The highest BCUT2D eigenvalue weighted by Gasteiger charge is 2.10. The van der Waals surface area contributed by atoms with E-state index in [0.29, 0.717) is 19.7 Å². The van der Waals surface area contributed by atoms with Gasteiger partial charge < -0.3 is 15.2 Å². The quantitative estimate of drug-likeness (QED) is 0.754. The number of anilines is 1. The molecule has 0 bridgehead atoms. The van der Waals surface area contributed by atoms with E-state index in [-0.39, 0.29) is 19.1 Å². The lowest BCUT2D eigenvalue weighted by Crippen LogP contribution is -2.37. The Morgan fingerprint density at radius 2 is 2.05 bits per heavy atom. The highest BCUT2D eigenvalue weighted by atomic mass is 79.9. The minimum absolute atomic E-state index is 0.0231. The molecule has 0 unspecified atom stereocenters. The number of halogens is 1. The molecule has 0 radical (unpaired) electrons. The maximum atomic E-state index is 11.9. The summed E-state index contributed by atoms with van der Waals surface area (Å²) in [6.07, 6.45) is 0. The Morgan fingerprint density at radius 1 is 1.37 bits per heavy atom. The number of aliphatic hydroxyl groups excluding tert-OH is 1. The van der Waals surface area contributed by atoms with Gasteiger partial charge in [-0.15, -0.1) is 0 Å². The first-order valence-electron chi connectivity index (χ1n) is 6.03. The van der Waals surface area contributed by atoms with Crippen LogP contribution < -0.4 is 5.32 Å². The van der Waals surface area contributed by atoms with Crippen molar-refractivity contribution in [3.63, 3.8) is 0 Å². The van der Waals surface area contributed by atoms with Crippen molar-refractivity contribution in [1.29, 1.82) is 0 Å². The molecular weight excluding hydrogens is 312 g/mol. The molecule has 0 aliphatic rings. The Hall–Kier alpha value is -0.950. The number of hydrogen-bond donors (Lipinski definition) is 2. The van der Waals surface area contributed by atoms with Gasteiger partial charge in [-0.2, -0.15) is 0 Å². The summed E-state index contributed by atoms with van der Waals surface area (Å²) in [6.45, 7) is 1.86. The fraction of sp³-hybridized carbons (Fsp3) is 0.462. The van der Waals surface area contributed by atoms with Gasteiger partial charge in [0.05, 0.1) is 19.8 Å².